The van der Waals surface area contributed by atoms with Crippen LogP contribution in [0.4, 0.5) is 0 Å². The van der Waals surface area contributed by atoms with Gasteiger partial charge in [-0.25, -0.2) is 0 Å². The van der Waals surface area contributed by atoms with Crippen LogP contribution in [0.5, 0.6) is 0 Å². The Balaban J connectivity index is 2.14. The summed E-state index contributed by atoms with van der Waals surface area (Å²) in [5.74, 6) is 0. The lowest BCUT2D eigenvalue weighted by Gasteiger charge is -2.23. The molecule has 0 amide bonds. The first-order valence-electron chi connectivity index (χ1n) is 4.36. The SMILES string of the molecule is S=c1ccc(C2COCCN2)c[nH]1. The highest BCUT2D eigenvalue weighted by molar-refractivity contribution is 7.71. The van der Waals surface area contributed by atoms with E-state index in [0.29, 0.717) is 6.04 Å². The number of pyridine rings is 1. The Morgan fingerprint density at radius 1 is 1.46 bits per heavy atom. The van der Waals surface area contributed by atoms with E-state index >= 15 is 0 Å². The molecule has 1 unspecified atom stereocenters. The molecule has 70 valence electrons. The highest BCUT2D eigenvalue weighted by Crippen LogP contribution is 2.13. The monoisotopic (exact) mass is 196 g/mol. The second kappa shape index (κ2) is 4.00. The van der Waals surface area contributed by atoms with Crippen molar-refractivity contribution in [2.75, 3.05) is 19.8 Å². The topological polar surface area (TPSA) is 37.0 Å². The Hall–Kier alpha value is -0.710. The Kier molecular flexibility index (Phi) is 2.73. The van der Waals surface area contributed by atoms with Gasteiger partial charge in [-0.3, -0.25) is 0 Å². The van der Waals surface area contributed by atoms with Gasteiger partial charge in [0.25, 0.3) is 0 Å². The molecular formula is C9H12N2OS. The number of ether oxygens (including phenoxy) is 1. The zero-order valence-electron chi connectivity index (χ0n) is 7.25. The van der Waals surface area contributed by atoms with Gasteiger partial charge in [0.05, 0.1) is 19.3 Å². The normalized spacial score (nSPS) is 22.9. The fraction of sp³-hybridized carbons (Fsp3) is 0.444. The van der Waals surface area contributed by atoms with Gasteiger partial charge in [-0.05, 0) is 11.6 Å². The van der Waals surface area contributed by atoms with Crippen molar-refractivity contribution in [1.29, 1.82) is 0 Å². The zero-order chi connectivity index (χ0) is 9.10. The molecule has 0 aromatic carbocycles. The number of hydrogen-bond donors (Lipinski definition) is 2. The molecule has 2 heterocycles. The van der Waals surface area contributed by atoms with Crippen LogP contribution in [-0.2, 0) is 4.74 Å². The fourth-order valence-corrected chi connectivity index (χ4v) is 1.55. The molecule has 13 heavy (non-hydrogen) atoms. The van der Waals surface area contributed by atoms with Crippen LogP contribution < -0.4 is 5.32 Å². The van der Waals surface area contributed by atoms with Crippen LogP contribution in [0.3, 0.4) is 0 Å². The molecule has 1 saturated heterocycles. The van der Waals surface area contributed by atoms with E-state index < -0.39 is 0 Å². The van der Waals surface area contributed by atoms with Crippen molar-refractivity contribution in [3.63, 3.8) is 0 Å². The molecule has 0 bridgehead atoms. The third-order valence-electron chi connectivity index (χ3n) is 2.13. The number of H-pyrrole nitrogens is 1. The molecule has 2 rings (SSSR count). The third-order valence-corrected chi connectivity index (χ3v) is 2.39. The molecule has 4 heteroatoms. The van der Waals surface area contributed by atoms with E-state index in [1.807, 2.05) is 18.3 Å². The minimum absolute atomic E-state index is 0.306. The second-order valence-electron chi connectivity index (χ2n) is 3.07. The number of nitrogens with one attached hydrogen (secondary N) is 2. The maximum atomic E-state index is 5.36. The van der Waals surface area contributed by atoms with E-state index in [1.165, 1.54) is 5.56 Å². The molecule has 1 aliphatic rings. The Labute approximate surface area is 82.1 Å². The predicted octanol–water partition coefficient (Wildman–Crippen LogP) is 1.41. The van der Waals surface area contributed by atoms with Crippen molar-refractivity contribution >= 4 is 12.2 Å². The lowest BCUT2D eigenvalue weighted by atomic mass is 10.1. The molecular weight excluding hydrogens is 184 g/mol. The lowest BCUT2D eigenvalue weighted by molar-refractivity contribution is 0.0768. The van der Waals surface area contributed by atoms with Crippen molar-refractivity contribution in [3.05, 3.63) is 28.5 Å². The smallest absolute Gasteiger partial charge is 0.103 e. The first kappa shape index (κ1) is 8.87. The van der Waals surface area contributed by atoms with E-state index in [2.05, 4.69) is 10.3 Å². The van der Waals surface area contributed by atoms with Gasteiger partial charge in [-0.1, -0.05) is 18.3 Å². The van der Waals surface area contributed by atoms with Crippen molar-refractivity contribution < 1.29 is 4.74 Å². The van der Waals surface area contributed by atoms with E-state index in [4.69, 9.17) is 17.0 Å². The summed E-state index contributed by atoms with van der Waals surface area (Å²) in [5, 5.41) is 3.38. The van der Waals surface area contributed by atoms with Gasteiger partial charge in [0.2, 0.25) is 0 Å². The lowest BCUT2D eigenvalue weighted by Crippen LogP contribution is -2.34. The highest BCUT2D eigenvalue weighted by Gasteiger charge is 2.14. The highest BCUT2D eigenvalue weighted by atomic mass is 32.1. The summed E-state index contributed by atoms with van der Waals surface area (Å²) in [7, 11) is 0. The van der Waals surface area contributed by atoms with Crippen molar-refractivity contribution in [1.82, 2.24) is 10.3 Å². The molecule has 1 fully saturated rings. The number of morpholine rings is 1. The summed E-state index contributed by atoms with van der Waals surface area (Å²) in [6.45, 7) is 2.46. The Morgan fingerprint density at radius 2 is 2.38 bits per heavy atom. The molecule has 1 atom stereocenters. The Morgan fingerprint density at radius 3 is 3.00 bits per heavy atom. The van der Waals surface area contributed by atoms with E-state index in [-0.39, 0.29) is 0 Å². The average molecular weight is 196 g/mol. The summed E-state index contributed by atoms with van der Waals surface area (Å²) in [5.41, 5.74) is 1.20. The van der Waals surface area contributed by atoms with Crippen LogP contribution in [0.15, 0.2) is 18.3 Å². The van der Waals surface area contributed by atoms with Gasteiger partial charge in [0.15, 0.2) is 0 Å². The maximum absolute atomic E-state index is 5.36. The number of aromatic amines is 1. The number of hydrogen-bond acceptors (Lipinski definition) is 3. The van der Waals surface area contributed by atoms with Gasteiger partial charge >= 0.3 is 0 Å². The van der Waals surface area contributed by atoms with E-state index in [0.717, 1.165) is 24.4 Å². The first-order valence-corrected chi connectivity index (χ1v) is 4.77. The molecule has 3 nitrogen and oxygen atoms in total. The summed E-state index contributed by atoms with van der Waals surface area (Å²) >= 11 is 4.97. The van der Waals surface area contributed by atoms with Crippen LogP contribution in [0.1, 0.15) is 11.6 Å². The van der Waals surface area contributed by atoms with Gasteiger partial charge in [0, 0.05) is 12.7 Å². The molecule has 1 aromatic heterocycles. The molecule has 0 saturated carbocycles. The minimum atomic E-state index is 0.306. The van der Waals surface area contributed by atoms with Crippen LogP contribution in [0.25, 0.3) is 0 Å². The van der Waals surface area contributed by atoms with Crippen molar-refractivity contribution in [2.45, 2.75) is 6.04 Å². The number of rotatable bonds is 1. The summed E-state index contributed by atoms with van der Waals surface area (Å²) in [6, 6.07) is 4.24. The van der Waals surface area contributed by atoms with Crippen molar-refractivity contribution in [2.24, 2.45) is 0 Å². The van der Waals surface area contributed by atoms with Gasteiger partial charge < -0.3 is 15.0 Å². The molecule has 0 spiro atoms. The predicted molar refractivity (Wildman–Crippen MR) is 53.2 cm³/mol. The van der Waals surface area contributed by atoms with Gasteiger partial charge in [-0.15, -0.1) is 0 Å². The second-order valence-corrected chi connectivity index (χ2v) is 3.51. The van der Waals surface area contributed by atoms with Crippen LogP contribution in [0, 0.1) is 4.64 Å². The first-order chi connectivity index (χ1) is 6.36. The molecule has 2 N–H and O–H groups in total. The summed E-state index contributed by atoms with van der Waals surface area (Å²) in [4.78, 5) is 3.02. The van der Waals surface area contributed by atoms with Gasteiger partial charge in [-0.2, -0.15) is 0 Å². The fourth-order valence-electron chi connectivity index (χ4n) is 1.42. The van der Waals surface area contributed by atoms with Gasteiger partial charge in [0.1, 0.15) is 4.64 Å². The Bertz CT molecular complexity index is 310. The zero-order valence-corrected chi connectivity index (χ0v) is 8.06. The maximum Gasteiger partial charge on any atom is 0.103 e. The quantitative estimate of drug-likeness (QED) is 0.667. The summed E-state index contributed by atoms with van der Waals surface area (Å²) < 4.78 is 6.13. The molecule has 1 aliphatic heterocycles. The molecule has 1 aromatic rings. The molecule has 0 radical (unpaired) electrons. The summed E-state index contributed by atoms with van der Waals surface area (Å²) in [6.07, 6.45) is 1.94. The van der Waals surface area contributed by atoms with Crippen molar-refractivity contribution in [3.8, 4) is 0 Å². The third kappa shape index (κ3) is 2.15. The molecule has 0 aliphatic carbocycles. The number of aromatic nitrogens is 1. The van der Waals surface area contributed by atoms with E-state index in [9.17, 15) is 0 Å². The van der Waals surface area contributed by atoms with Crippen LogP contribution >= 0.6 is 12.2 Å². The average Bonchev–Trinajstić information content (AvgIpc) is 2.20. The largest absolute Gasteiger partial charge is 0.378 e. The standard InChI is InChI=1S/C9H12N2OS/c13-9-2-1-7(5-11-9)8-6-12-4-3-10-8/h1-2,5,8,10H,3-4,6H2,(H,11,13). The van der Waals surface area contributed by atoms with E-state index in [1.54, 1.807) is 0 Å². The minimum Gasteiger partial charge on any atom is -0.378 e. The van der Waals surface area contributed by atoms with Crippen LogP contribution in [-0.4, -0.2) is 24.7 Å². The van der Waals surface area contributed by atoms with Crippen LogP contribution in [0.2, 0.25) is 0 Å².